The van der Waals surface area contributed by atoms with Gasteiger partial charge in [0.2, 0.25) is 12.4 Å². The van der Waals surface area contributed by atoms with E-state index in [1.165, 1.54) is 27.7 Å². The summed E-state index contributed by atoms with van der Waals surface area (Å²) in [6, 6.07) is 0. The molecule has 1 aliphatic heterocycles. The molecule has 0 radical (unpaired) electrons. The van der Waals surface area contributed by atoms with Crippen LogP contribution in [0, 0.1) is 50.2 Å². The molecular weight excluding hydrogens is 889 g/mol. The van der Waals surface area contributed by atoms with Crippen molar-refractivity contribution in [1.29, 1.82) is 0 Å². The van der Waals surface area contributed by atoms with Crippen LogP contribution in [0.4, 0.5) is 0 Å². The summed E-state index contributed by atoms with van der Waals surface area (Å²) in [7, 11) is 0. The van der Waals surface area contributed by atoms with Crippen LogP contribution in [0.25, 0.3) is 0 Å². The number of hydrogen-bond donors (Lipinski definition) is 1. The summed E-state index contributed by atoms with van der Waals surface area (Å²) in [5, 5.41) is 12.7. The van der Waals surface area contributed by atoms with Crippen molar-refractivity contribution in [1.82, 2.24) is 0 Å². The molecular formula is C50H72O18. The maximum Gasteiger partial charge on any atom is 0.315 e. The highest BCUT2D eigenvalue weighted by Gasteiger charge is 2.74. The summed E-state index contributed by atoms with van der Waals surface area (Å²) in [6.45, 7) is 20.4. The molecule has 0 spiro atoms. The molecule has 0 aromatic rings. The second-order valence-corrected chi connectivity index (χ2v) is 22.2. The Morgan fingerprint density at radius 3 is 1.76 bits per heavy atom. The van der Waals surface area contributed by atoms with Crippen LogP contribution >= 0.6 is 0 Å². The zero-order valence-electron chi connectivity index (χ0n) is 41.9. The number of aliphatic hydroxyl groups is 1. The highest BCUT2D eigenvalue weighted by molar-refractivity contribution is 5.79. The highest BCUT2D eigenvalue weighted by atomic mass is 16.7. The molecule has 18 nitrogen and oxygen atoms in total. The Bertz CT molecular complexity index is 2080. The number of hydrogen-bond acceptors (Lipinski definition) is 18. The minimum absolute atomic E-state index is 0.140. The summed E-state index contributed by atoms with van der Waals surface area (Å²) >= 11 is 0. The minimum Gasteiger partial charge on any atom is -0.465 e. The third kappa shape index (κ3) is 9.53. The fourth-order valence-corrected chi connectivity index (χ4v) is 14.3. The van der Waals surface area contributed by atoms with Crippen LogP contribution in [-0.4, -0.2) is 115 Å². The zero-order valence-corrected chi connectivity index (χ0v) is 41.9. The topological polar surface area (TPSA) is 240 Å². The molecule has 0 bridgehead atoms. The van der Waals surface area contributed by atoms with E-state index in [1.807, 2.05) is 6.92 Å². The van der Waals surface area contributed by atoms with Gasteiger partial charge in [-0.15, -0.1) is 0 Å². The second kappa shape index (κ2) is 19.0. The largest absolute Gasteiger partial charge is 0.465 e. The molecule has 1 saturated heterocycles. The molecule has 1 N–H and O–H groups in total. The van der Waals surface area contributed by atoms with E-state index < -0.39 is 136 Å². The lowest BCUT2D eigenvalue weighted by molar-refractivity contribution is -0.305. The number of esters is 8. The molecule has 5 fully saturated rings. The van der Waals surface area contributed by atoms with Gasteiger partial charge in [0.05, 0.1) is 11.5 Å². The van der Waals surface area contributed by atoms with Gasteiger partial charge in [0.25, 0.3) is 0 Å². The van der Waals surface area contributed by atoms with E-state index in [0.717, 1.165) is 26.3 Å². The lowest BCUT2D eigenvalue weighted by atomic mass is 9.33. The Morgan fingerprint density at radius 2 is 1.19 bits per heavy atom. The van der Waals surface area contributed by atoms with Gasteiger partial charge in [-0.25, -0.2) is 0 Å². The molecule has 0 aromatic heterocycles. The summed E-state index contributed by atoms with van der Waals surface area (Å²) in [5.41, 5.74) is -3.42. The molecule has 6 aliphatic rings. The van der Waals surface area contributed by atoms with Gasteiger partial charge in [-0.3, -0.25) is 38.4 Å². The first-order valence-electron chi connectivity index (χ1n) is 23.8. The van der Waals surface area contributed by atoms with Crippen LogP contribution in [0.2, 0.25) is 0 Å². The van der Waals surface area contributed by atoms with Crippen LogP contribution in [0.3, 0.4) is 0 Å². The smallest absolute Gasteiger partial charge is 0.315 e. The van der Waals surface area contributed by atoms with Gasteiger partial charge in [0.15, 0.2) is 12.2 Å². The van der Waals surface area contributed by atoms with Crippen molar-refractivity contribution in [3.63, 3.8) is 0 Å². The number of carbonyl (C=O) groups is 8. The second-order valence-electron chi connectivity index (χ2n) is 22.2. The van der Waals surface area contributed by atoms with Gasteiger partial charge < -0.3 is 47.7 Å². The first-order chi connectivity index (χ1) is 31.4. The first-order valence-corrected chi connectivity index (χ1v) is 23.8. The summed E-state index contributed by atoms with van der Waals surface area (Å²) < 4.78 is 52.3. The van der Waals surface area contributed by atoms with Gasteiger partial charge in [0.1, 0.15) is 31.5 Å². The highest BCUT2D eigenvalue weighted by Crippen LogP contribution is 2.76. The van der Waals surface area contributed by atoms with E-state index in [1.54, 1.807) is 0 Å². The number of aliphatic hydroxyl groups excluding tert-OH is 1. The van der Waals surface area contributed by atoms with Crippen molar-refractivity contribution >= 4 is 47.8 Å². The predicted molar refractivity (Wildman–Crippen MR) is 236 cm³/mol. The fourth-order valence-electron chi connectivity index (χ4n) is 14.3. The van der Waals surface area contributed by atoms with Crippen LogP contribution in [0.15, 0.2) is 11.6 Å². The van der Waals surface area contributed by atoms with Gasteiger partial charge >= 0.3 is 47.8 Å². The maximum absolute atomic E-state index is 15.4. The van der Waals surface area contributed by atoms with Gasteiger partial charge in [-0.2, -0.15) is 0 Å². The molecule has 0 amide bonds. The molecule has 0 aromatic carbocycles. The monoisotopic (exact) mass is 960 g/mol. The molecule has 6 rings (SSSR count). The van der Waals surface area contributed by atoms with Crippen LogP contribution < -0.4 is 0 Å². The Hall–Kier alpha value is -4.58. The Labute approximate surface area is 398 Å². The third-order valence-corrected chi connectivity index (χ3v) is 17.0. The van der Waals surface area contributed by atoms with Crippen molar-refractivity contribution in [2.24, 2.45) is 50.2 Å². The molecule has 4 saturated carbocycles. The number of ether oxygens (including phenoxy) is 9. The van der Waals surface area contributed by atoms with E-state index in [9.17, 15) is 38.7 Å². The number of allylic oxidation sites excluding steroid dienone is 2. The van der Waals surface area contributed by atoms with E-state index >= 15 is 4.79 Å². The van der Waals surface area contributed by atoms with E-state index in [-0.39, 0.29) is 30.3 Å². The van der Waals surface area contributed by atoms with Crippen molar-refractivity contribution in [3.05, 3.63) is 11.6 Å². The molecule has 68 heavy (non-hydrogen) atoms. The van der Waals surface area contributed by atoms with Crippen molar-refractivity contribution in [2.75, 3.05) is 13.2 Å². The standard InChI is InChI=1S/C50H72O18/c1-25(51)60-23-36-38(63-28(4)54)39(64-29(5)55)40(65-30(6)56)43(67-36)68-44(59)50-18-16-45(8,9)20-33(50)32-14-15-37-46(10)22-35(62-27(3)53)42(66-31(7)57)47(11,24-61-26(2)52)41(46)34(58)21-49(37,13)48(32,12)17-19-50/h14,33-43,58H,15-24H2,1-13H3/t33-,34-,35-,36+,37-,38+,39-,40+,41-,42+,43-,46+,47-,48+,49+,50-/m0/s1. The fraction of sp³-hybridized carbons (Fsp3) is 0.800. The van der Waals surface area contributed by atoms with Gasteiger partial charge in [-0.1, -0.05) is 53.2 Å². The Balaban J connectivity index is 1.43. The SMILES string of the molecule is CC(=O)OC[C@H]1O[C@@H](OC(=O)[C@]23CCC(C)(C)C[C@H]2C2=CC[C@H]4[C@@]5(C)C[C@H](OC(C)=O)[C@@H](OC(C)=O)[C@@](C)(COC(C)=O)[C@H]5[C@@H](O)C[C@@]4(C)[C@]2(C)CC3)[C@H](OC(C)=O)[C@@H](OC(C)=O)[C@@H]1OC(C)=O. The molecule has 16 atom stereocenters. The summed E-state index contributed by atoms with van der Waals surface area (Å²) in [4.78, 5) is 103. The third-order valence-electron chi connectivity index (χ3n) is 17.0. The first kappa shape index (κ1) is 52.8. The van der Waals surface area contributed by atoms with Crippen molar-refractivity contribution < 1.29 is 86.1 Å². The average molecular weight is 961 g/mol. The predicted octanol–water partition coefficient (Wildman–Crippen LogP) is 5.40. The average Bonchev–Trinajstić information content (AvgIpc) is 3.19. The van der Waals surface area contributed by atoms with Crippen molar-refractivity contribution in [3.8, 4) is 0 Å². The number of carbonyl (C=O) groups excluding carboxylic acids is 8. The Kier molecular flexibility index (Phi) is 14.7. The number of fused-ring (bicyclic) bond motifs is 7. The Morgan fingerprint density at radius 1 is 0.632 bits per heavy atom. The molecule has 380 valence electrons. The molecule has 18 heteroatoms. The van der Waals surface area contributed by atoms with Crippen molar-refractivity contribution in [2.45, 2.75) is 190 Å². The minimum atomic E-state index is -1.69. The van der Waals surface area contributed by atoms with E-state index in [4.69, 9.17) is 42.6 Å². The van der Waals surface area contributed by atoms with E-state index in [0.29, 0.717) is 44.9 Å². The summed E-state index contributed by atoms with van der Waals surface area (Å²) in [5.74, 6) is -6.56. The van der Waals surface area contributed by atoms with E-state index in [2.05, 4.69) is 40.7 Å². The molecule has 5 aliphatic carbocycles. The molecule has 1 heterocycles. The normalized spacial score (nSPS) is 41.2. The zero-order chi connectivity index (χ0) is 50.7. The quantitative estimate of drug-likeness (QED) is 0.155. The van der Waals surface area contributed by atoms with Crippen LogP contribution in [-0.2, 0) is 81.0 Å². The van der Waals surface area contributed by atoms with Crippen LogP contribution in [0.5, 0.6) is 0 Å². The number of rotatable bonds is 11. The van der Waals surface area contributed by atoms with Crippen LogP contribution in [0.1, 0.15) is 141 Å². The van der Waals surface area contributed by atoms with Gasteiger partial charge in [0, 0.05) is 59.8 Å². The maximum atomic E-state index is 15.4. The lowest BCUT2D eigenvalue weighted by Crippen LogP contribution is -2.72. The lowest BCUT2D eigenvalue weighted by Gasteiger charge is -2.72. The molecule has 0 unspecified atom stereocenters. The van der Waals surface area contributed by atoms with Gasteiger partial charge in [-0.05, 0) is 84.9 Å². The summed E-state index contributed by atoms with van der Waals surface area (Å²) in [6.07, 6.45) is -4.58.